The number of ether oxygens (including phenoxy) is 1. The zero-order valence-electron chi connectivity index (χ0n) is 12.1. The molecule has 21 heavy (non-hydrogen) atoms. The molecule has 1 aromatic carbocycles. The summed E-state index contributed by atoms with van der Waals surface area (Å²) in [5.74, 6) is 0.395. The van der Waals surface area contributed by atoms with Crippen molar-refractivity contribution in [2.24, 2.45) is 0 Å². The Morgan fingerprint density at radius 3 is 2.57 bits per heavy atom. The smallest absolute Gasteiger partial charge is 0.328 e. The third-order valence-corrected chi connectivity index (χ3v) is 3.14. The van der Waals surface area contributed by atoms with E-state index in [2.05, 4.69) is 15.0 Å². The quantitative estimate of drug-likeness (QED) is 0.844. The Bertz CT molecular complexity index is 634. The lowest BCUT2D eigenvalue weighted by molar-refractivity contribution is 0.432. The monoisotopic (exact) mass is 310 g/mol. The number of halogens is 2. The van der Waals surface area contributed by atoms with Crippen LogP contribution in [-0.4, -0.2) is 28.0 Å². The van der Waals surface area contributed by atoms with E-state index in [-0.39, 0.29) is 17.1 Å². The molecule has 0 atom stereocenters. The van der Waals surface area contributed by atoms with Gasteiger partial charge < -0.3 is 9.64 Å². The van der Waals surface area contributed by atoms with E-state index in [1.165, 1.54) is 12.1 Å². The van der Waals surface area contributed by atoms with Crippen LogP contribution in [0, 0.1) is 12.7 Å². The molecule has 0 fully saturated rings. The summed E-state index contributed by atoms with van der Waals surface area (Å²) in [4.78, 5) is 14.1. The van der Waals surface area contributed by atoms with Gasteiger partial charge in [-0.1, -0.05) is 6.07 Å². The lowest BCUT2D eigenvalue weighted by Gasteiger charge is -2.18. The van der Waals surface area contributed by atoms with E-state index in [0.717, 1.165) is 18.7 Å². The van der Waals surface area contributed by atoms with Crippen LogP contribution in [0.5, 0.6) is 11.8 Å². The van der Waals surface area contributed by atoms with Gasteiger partial charge in [-0.15, -0.1) is 0 Å². The molecule has 0 saturated heterocycles. The molecule has 1 heterocycles. The second-order valence-corrected chi connectivity index (χ2v) is 4.71. The fourth-order valence-electron chi connectivity index (χ4n) is 1.80. The third kappa shape index (κ3) is 3.78. The number of aromatic nitrogens is 3. The molecule has 7 heteroatoms. The van der Waals surface area contributed by atoms with Gasteiger partial charge in [0.1, 0.15) is 11.6 Å². The molecule has 0 aliphatic rings. The molecule has 2 aromatic rings. The highest BCUT2D eigenvalue weighted by molar-refractivity contribution is 6.28. The summed E-state index contributed by atoms with van der Waals surface area (Å²) >= 11 is 5.90. The third-order valence-electron chi connectivity index (χ3n) is 2.97. The van der Waals surface area contributed by atoms with Crippen LogP contribution in [-0.2, 0) is 0 Å². The van der Waals surface area contributed by atoms with Crippen molar-refractivity contribution in [1.29, 1.82) is 0 Å². The lowest BCUT2D eigenvalue weighted by atomic mass is 10.2. The Hall–Kier alpha value is -1.95. The molecule has 0 radical (unpaired) electrons. The van der Waals surface area contributed by atoms with Gasteiger partial charge in [0.15, 0.2) is 0 Å². The summed E-state index contributed by atoms with van der Waals surface area (Å²) < 4.78 is 18.8. The van der Waals surface area contributed by atoms with Crippen LogP contribution in [0.2, 0.25) is 5.28 Å². The molecule has 0 unspecified atom stereocenters. The molecule has 2 rings (SSSR count). The van der Waals surface area contributed by atoms with Gasteiger partial charge in [0.25, 0.3) is 0 Å². The zero-order chi connectivity index (χ0) is 15.4. The Labute approximate surface area is 127 Å². The van der Waals surface area contributed by atoms with Gasteiger partial charge in [-0.25, -0.2) is 4.39 Å². The zero-order valence-corrected chi connectivity index (χ0v) is 12.9. The molecule has 0 saturated carbocycles. The summed E-state index contributed by atoms with van der Waals surface area (Å²) in [7, 11) is 0. The molecular formula is C14H16ClFN4O. The van der Waals surface area contributed by atoms with E-state index in [1.807, 2.05) is 25.7 Å². The predicted octanol–water partition coefficient (Wildman–Crippen LogP) is 3.61. The minimum Gasteiger partial charge on any atom is -0.424 e. The number of rotatable bonds is 5. The van der Waals surface area contributed by atoms with E-state index in [0.29, 0.717) is 11.7 Å². The number of aryl methyl sites for hydroxylation is 1. The van der Waals surface area contributed by atoms with Gasteiger partial charge in [-0.05, 0) is 44.0 Å². The van der Waals surface area contributed by atoms with Crippen LogP contribution >= 0.6 is 11.6 Å². The summed E-state index contributed by atoms with van der Waals surface area (Å²) in [6.45, 7) is 7.24. The molecule has 0 N–H and O–H groups in total. The minimum absolute atomic E-state index is 0.0379. The average Bonchev–Trinajstić information content (AvgIpc) is 2.44. The molecule has 0 spiro atoms. The van der Waals surface area contributed by atoms with Crippen molar-refractivity contribution in [2.45, 2.75) is 20.8 Å². The van der Waals surface area contributed by atoms with Gasteiger partial charge in [-0.2, -0.15) is 15.0 Å². The van der Waals surface area contributed by atoms with Crippen molar-refractivity contribution in [1.82, 2.24) is 15.0 Å². The van der Waals surface area contributed by atoms with E-state index in [9.17, 15) is 4.39 Å². The molecule has 112 valence electrons. The largest absolute Gasteiger partial charge is 0.424 e. The van der Waals surface area contributed by atoms with Crippen molar-refractivity contribution in [3.05, 3.63) is 34.9 Å². The van der Waals surface area contributed by atoms with Crippen LogP contribution in [0.3, 0.4) is 0 Å². The van der Waals surface area contributed by atoms with E-state index >= 15 is 0 Å². The summed E-state index contributed by atoms with van der Waals surface area (Å²) in [6, 6.07) is 4.32. The van der Waals surface area contributed by atoms with Crippen LogP contribution < -0.4 is 9.64 Å². The highest BCUT2D eigenvalue weighted by Gasteiger charge is 2.12. The molecular weight excluding hydrogens is 295 g/mol. The van der Waals surface area contributed by atoms with Crippen molar-refractivity contribution >= 4 is 17.5 Å². The van der Waals surface area contributed by atoms with Crippen LogP contribution in [0.25, 0.3) is 0 Å². The fourth-order valence-corrected chi connectivity index (χ4v) is 1.95. The number of hydrogen-bond acceptors (Lipinski definition) is 5. The Morgan fingerprint density at radius 2 is 1.90 bits per heavy atom. The standard InChI is InChI=1S/C14H16ClFN4O/c1-4-20(5-2)13-17-12(15)18-14(19-13)21-11-8-10(16)7-6-9(11)3/h6-8H,4-5H2,1-3H3. The highest BCUT2D eigenvalue weighted by atomic mass is 35.5. The summed E-state index contributed by atoms with van der Waals surface area (Å²) in [6.07, 6.45) is 0. The van der Waals surface area contributed by atoms with Crippen molar-refractivity contribution < 1.29 is 9.13 Å². The van der Waals surface area contributed by atoms with Crippen LogP contribution in [0.1, 0.15) is 19.4 Å². The van der Waals surface area contributed by atoms with Gasteiger partial charge >= 0.3 is 6.01 Å². The minimum atomic E-state index is -0.389. The molecule has 0 aliphatic carbocycles. The summed E-state index contributed by atoms with van der Waals surface area (Å²) in [5.41, 5.74) is 0.775. The topological polar surface area (TPSA) is 51.1 Å². The number of benzene rings is 1. The molecule has 1 aromatic heterocycles. The maximum absolute atomic E-state index is 13.3. The fraction of sp³-hybridized carbons (Fsp3) is 0.357. The molecule has 0 bridgehead atoms. The Balaban J connectivity index is 2.34. The van der Waals surface area contributed by atoms with E-state index in [4.69, 9.17) is 16.3 Å². The number of hydrogen-bond donors (Lipinski definition) is 0. The van der Waals surface area contributed by atoms with Crippen molar-refractivity contribution in [2.75, 3.05) is 18.0 Å². The first-order valence-corrected chi connectivity index (χ1v) is 7.01. The van der Waals surface area contributed by atoms with Crippen molar-refractivity contribution in [3.63, 3.8) is 0 Å². The van der Waals surface area contributed by atoms with Gasteiger partial charge in [0.2, 0.25) is 11.2 Å². The SMILES string of the molecule is CCN(CC)c1nc(Cl)nc(Oc2cc(F)ccc2C)n1. The van der Waals surface area contributed by atoms with Crippen LogP contribution in [0.4, 0.5) is 10.3 Å². The normalized spacial score (nSPS) is 10.5. The molecule has 5 nitrogen and oxygen atoms in total. The molecule has 0 amide bonds. The maximum Gasteiger partial charge on any atom is 0.328 e. The first-order chi connectivity index (χ1) is 10.0. The molecule has 0 aliphatic heterocycles. The number of anilines is 1. The average molecular weight is 311 g/mol. The number of nitrogens with zero attached hydrogens (tertiary/aromatic N) is 4. The second kappa shape index (κ2) is 6.67. The second-order valence-electron chi connectivity index (χ2n) is 4.37. The van der Waals surface area contributed by atoms with Gasteiger partial charge in [0, 0.05) is 19.2 Å². The van der Waals surface area contributed by atoms with Gasteiger partial charge in [-0.3, -0.25) is 0 Å². The van der Waals surface area contributed by atoms with E-state index in [1.54, 1.807) is 6.07 Å². The maximum atomic E-state index is 13.3. The van der Waals surface area contributed by atoms with E-state index < -0.39 is 0 Å². The summed E-state index contributed by atoms with van der Waals surface area (Å²) in [5, 5.41) is 0.0379. The highest BCUT2D eigenvalue weighted by Crippen LogP contribution is 2.25. The van der Waals surface area contributed by atoms with Crippen molar-refractivity contribution in [3.8, 4) is 11.8 Å². The first kappa shape index (κ1) is 15.4. The van der Waals surface area contributed by atoms with Gasteiger partial charge in [0.05, 0.1) is 0 Å². The first-order valence-electron chi connectivity index (χ1n) is 6.64. The Kier molecular flexibility index (Phi) is 4.90. The Morgan fingerprint density at radius 1 is 1.19 bits per heavy atom. The lowest BCUT2D eigenvalue weighted by Crippen LogP contribution is -2.24. The van der Waals surface area contributed by atoms with Crippen LogP contribution in [0.15, 0.2) is 18.2 Å². The predicted molar refractivity (Wildman–Crippen MR) is 79.6 cm³/mol.